The van der Waals surface area contributed by atoms with Gasteiger partial charge in [-0.25, -0.2) is 0 Å². The summed E-state index contributed by atoms with van der Waals surface area (Å²) in [4.78, 5) is 14.5. The van der Waals surface area contributed by atoms with Gasteiger partial charge in [0.05, 0.1) is 5.56 Å². The molecule has 1 aromatic heterocycles. The molecular weight excluding hydrogens is 190 g/mol. The first-order valence-corrected chi connectivity index (χ1v) is 5.08. The second-order valence-electron chi connectivity index (χ2n) is 4.25. The molecule has 1 aliphatic rings. The molecule has 0 bridgehead atoms. The van der Waals surface area contributed by atoms with Crippen molar-refractivity contribution in [2.75, 3.05) is 0 Å². The first-order chi connectivity index (χ1) is 6.95. The lowest BCUT2D eigenvalue weighted by Crippen LogP contribution is -2.16. The van der Waals surface area contributed by atoms with Crippen LogP contribution in [-0.2, 0) is 0 Å². The smallest absolute Gasteiger partial charge is 0.259 e. The monoisotopic (exact) mass is 205 g/mol. The van der Waals surface area contributed by atoms with E-state index in [9.17, 15) is 9.90 Å². The summed E-state index contributed by atoms with van der Waals surface area (Å²) in [5, 5.41) is 9.88. The number of H-pyrrole nitrogens is 1. The van der Waals surface area contributed by atoms with Crippen LogP contribution in [-0.4, -0.2) is 10.1 Å². The molecule has 1 aromatic rings. The molecule has 3 heteroatoms. The fourth-order valence-electron chi connectivity index (χ4n) is 2.23. The molecule has 80 valence electrons. The number of hydrogen-bond acceptors (Lipinski definition) is 2. The molecule has 0 aromatic carbocycles. The number of pyridine rings is 1. The molecule has 15 heavy (non-hydrogen) atoms. The minimum atomic E-state index is -0.186. The van der Waals surface area contributed by atoms with Gasteiger partial charge in [0, 0.05) is 11.6 Å². The molecule has 1 unspecified atom stereocenters. The molecule has 0 saturated heterocycles. The lowest BCUT2D eigenvalue weighted by Gasteiger charge is -2.11. The number of aryl methyl sites for hydroxylation is 1. The van der Waals surface area contributed by atoms with Crippen molar-refractivity contribution in [3.05, 3.63) is 38.3 Å². The van der Waals surface area contributed by atoms with Crippen molar-refractivity contribution in [3.8, 4) is 0 Å². The predicted octanol–water partition coefficient (Wildman–Crippen LogP) is 2.40. The highest BCUT2D eigenvalue weighted by molar-refractivity contribution is 5.73. The molecule has 2 N–H and O–H groups in total. The fraction of sp³-hybridized carbons (Fsp3) is 0.417. The summed E-state index contributed by atoms with van der Waals surface area (Å²) in [6, 6.07) is 0. The van der Waals surface area contributed by atoms with E-state index in [1.54, 1.807) is 0 Å². The number of aliphatic hydroxyl groups is 1. The number of allylic oxidation sites excluding steroid dienone is 1. The van der Waals surface area contributed by atoms with Crippen molar-refractivity contribution in [2.24, 2.45) is 0 Å². The van der Waals surface area contributed by atoms with Crippen LogP contribution in [0.4, 0.5) is 0 Å². The van der Waals surface area contributed by atoms with E-state index in [4.69, 9.17) is 0 Å². The van der Waals surface area contributed by atoms with Gasteiger partial charge in [-0.3, -0.25) is 4.79 Å². The highest BCUT2D eigenvalue weighted by atomic mass is 16.3. The SMILES string of the molecule is CC1=C(O)c2c(c(C)c(C)[nH]c2=O)C1C. The molecule has 1 heterocycles. The van der Waals surface area contributed by atoms with Gasteiger partial charge in [0.1, 0.15) is 5.76 Å². The van der Waals surface area contributed by atoms with Crippen LogP contribution in [0, 0.1) is 13.8 Å². The number of nitrogens with one attached hydrogen (secondary N) is 1. The quantitative estimate of drug-likeness (QED) is 0.683. The fourth-order valence-corrected chi connectivity index (χ4v) is 2.23. The van der Waals surface area contributed by atoms with Crippen LogP contribution in [0.2, 0.25) is 0 Å². The number of aromatic amines is 1. The van der Waals surface area contributed by atoms with Crippen molar-refractivity contribution in [2.45, 2.75) is 33.6 Å². The van der Waals surface area contributed by atoms with Crippen molar-refractivity contribution in [1.82, 2.24) is 4.98 Å². The number of fused-ring (bicyclic) bond motifs is 1. The molecule has 2 rings (SSSR count). The van der Waals surface area contributed by atoms with Crippen molar-refractivity contribution in [3.63, 3.8) is 0 Å². The molecule has 0 spiro atoms. The topological polar surface area (TPSA) is 53.1 Å². The summed E-state index contributed by atoms with van der Waals surface area (Å²) in [6.45, 7) is 7.75. The van der Waals surface area contributed by atoms with Gasteiger partial charge < -0.3 is 10.1 Å². The highest BCUT2D eigenvalue weighted by Crippen LogP contribution is 2.40. The Balaban J connectivity index is 2.88. The Bertz CT molecular complexity index is 523. The van der Waals surface area contributed by atoms with E-state index in [1.807, 2.05) is 27.7 Å². The highest BCUT2D eigenvalue weighted by Gasteiger charge is 2.30. The molecule has 1 aliphatic carbocycles. The predicted molar refractivity (Wildman–Crippen MR) is 60.2 cm³/mol. The molecule has 0 fully saturated rings. The standard InChI is InChI=1S/C12H15NO2/c1-5-6(2)11(14)10-9(5)7(3)8(4)13-12(10)15/h5,14H,1-4H3,(H,13,15). The number of rotatable bonds is 0. The van der Waals surface area contributed by atoms with Crippen LogP contribution in [0.3, 0.4) is 0 Å². The van der Waals surface area contributed by atoms with E-state index >= 15 is 0 Å². The maximum Gasteiger partial charge on any atom is 0.259 e. The minimum Gasteiger partial charge on any atom is -0.507 e. The minimum absolute atomic E-state index is 0.140. The summed E-state index contributed by atoms with van der Waals surface area (Å²) in [5.74, 6) is 0.294. The Hall–Kier alpha value is -1.51. The zero-order valence-electron chi connectivity index (χ0n) is 9.43. The van der Waals surface area contributed by atoms with Crippen molar-refractivity contribution < 1.29 is 5.11 Å². The van der Waals surface area contributed by atoms with Crippen LogP contribution in [0.1, 0.15) is 42.1 Å². The summed E-state index contributed by atoms with van der Waals surface area (Å²) in [7, 11) is 0. The van der Waals surface area contributed by atoms with Crippen molar-refractivity contribution >= 4 is 5.76 Å². The third-order valence-electron chi connectivity index (χ3n) is 3.46. The molecule has 0 aliphatic heterocycles. The lowest BCUT2D eigenvalue weighted by atomic mass is 9.94. The molecule has 3 nitrogen and oxygen atoms in total. The zero-order valence-corrected chi connectivity index (χ0v) is 9.43. The van der Waals surface area contributed by atoms with Gasteiger partial charge in [-0.05, 0) is 37.5 Å². The van der Waals surface area contributed by atoms with Gasteiger partial charge in [0.25, 0.3) is 5.56 Å². The first kappa shape index (κ1) is 10.0. The first-order valence-electron chi connectivity index (χ1n) is 5.08. The summed E-state index contributed by atoms with van der Waals surface area (Å²) in [5.41, 5.74) is 4.08. The molecule has 0 radical (unpaired) electrons. The van der Waals surface area contributed by atoms with E-state index in [0.717, 1.165) is 22.4 Å². The largest absolute Gasteiger partial charge is 0.507 e. The Labute approximate surface area is 88.5 Å². The Morgan fingerprint density at radius 3 is 2.47 bits per heavy atom. The van der Waals surface area contributed by atoms with Crippen molar-refractivity contribution in [1.29, 1.82) is 0 Å². The van der Waals surface area contributed by atoms with Gasteiger partial charge in [-0.2, -0.15) is 0 Å². The van der Waals surface area contributed by atoms with E-state index in [-0.39, 0.29) is 17.2 Å². The average molecular weight is 205 g/mol. The molecular formula is C12H15NO2. The Kier molecular flexibility index (Phi) is 2.00. The molecule has 1 atom stereocenters. The summed E-state index contributed by atoms with van der Waals surface area (Å²) >= 11 is 0. The van der Waals surface area contributed by atoms with E-state index in [0.29, 0.717) is 5.56 Å². The van der Waals surface area contributed by atoms with Crippen LogP contribution in [0.5, 0.6) is 0 Å². The van der Waals surface area contributed by atoms with Gasteiger partial charge >= 0.3 is 0 Å². The maximum absolute atomic E-state index is 11.7. The number of aliphatic hydroxyl groups excluding tert-OH is 1. The normalized spacial score (nSPS) is 19.6. The summed E-state index contributed by atoms with van der Waals surface area (Å²) < 4.78 is 0. The lowest BCUT2D eigenvalue weighted by molar-refractivity contribution is 0.507. The number of hydrogen-bond donors (Lipinski definition) is 2. The van der Waals surface area contributed by atoms with Crippen LogP contribution >= 0.6 is 0 Å². The second-order valence-corrected chi connectivity index (χ2v) is 4.25. The molecule has 0 amide bonds. The third-order valence-corrected chi connectivity index (χ3v) is 3.46. The zero-order chi connectivity index (χ0) is 11.3. The third kappa shape index (κ3) is 1.16. The Morgan fingerprint density at radius 2 is 1.87 bits per heavy atom. The van der Waals surface area contributed by atoms with Gasteiger partial charge in [0.15, 0.2) is 0 Å². The summed E-state index contributed by atoms with van der Waals surface area (Å²) in [6.07, 6.45) is 0. The van der Waals surface area contributed by atoms with Gasteiger partial charge in [0.2, 0.25) is 0 Å². The van der Waals surface area contributed by atoms with Crippen LogP contribution in [0.15, 0.2) is 10.4 Å². The van der Waals surface area contributed by atoms with Crippen LogP contribution < -0.4 is 5.56 Å². The number of aromatic nitrogens is 1. The van der Waals surface area contributed by atoms with Gasteiger partial charge in [-0.15, -0.1) is 0 Å². The van der Waals surface area contributed by atoms with E-state index in [2.05, 4.69) is 4.98 Å². The Morgan fingerprint density at radius 1 is 1.27 bits per heavy atom. The van der Waals surface area contributed by atoms with E-state index < -0.39 is 0 Å². The van der Waals surface area contributed by atoms with Gasteiger partial charge in [-0.1, -0.05) is 6.92 Å². The van der Waals surface area contributed by atoms with Crippen LogP contribution in [0.25, 0.3) is 5.76 Å². The molecule has 0 saturated carbocycles. The van der Waals surface area contributed by atoms with E-state index in [1.165, 1.54) is 0 Å². The average Bonchev–Trinajstić information content (AvgIpc) is 2.40. The maximum atomic E-state index is 11.7. The second kappa shape index (κ2) is 2.99.